The van der Waals surface area contributed by atoms with Gasteiger partial charge in [0.25, 0.3) is 11.8 Å². The summed E-state index contributed by atoms with van der Waals surface area (Å²) in [6.07, 6.45) is 7.82. The summed E-state index contributed by atoms with van der Waals surface area (Å²) in [6, 6.07) is 14.3. The number of likely N-dealkylation sites (tertiary alicyclic amines) is 2. The topological polar surface area (TPSA) is 81.8 Å². The predicted octanol–water partition coefficient (Wildman–Crippen LogP) is 4.38. The fourth-order valence-electron chi connectivity index (χ4n) is 4.55. The molecule has 7 heteroatoms. The molecule has 7 nitrogen and oxygen atoms in total. The van der Waals surface area contributed by atoms with E-state index in [1.165, 1.54) is 19.3 Å². The minimum absolute atomic E-state index is 0.0528. The van der Waals surface area contributed by atoms with Gasteiger partial charge in [-0.25, -0.2) is 0 Å². The van der Waals surface area contributed by atoms with Gasteiger partial charge in [0.2, 0.25) is 5.91 Å². The molecule has 2 saturated heterocycles. The van der Waals surface area contributed by atoms with E-state index in [0.717, 1.165) is 57.5 Å². The van der Waals surface area contributed by atoms with Crippen LogP contribution in [0.2, 0.25) is 0 Å². The molecule has 3 amide bonds. The van der Waals surface area contributed by atoms with Gasteiger partial charge in [0, 0.05) is 48.7 Å². The summed E-state index contributed by atoms with van der Waals surface area (Å²) in [5.74, 6) is -0.0507. The quantitative estimate of drug-likeness (QED) is 0.668. The monoisotopic (exact) mass is 462 g/mol. The first-order valence-corrected chi connectivity index (χ1v) is 12.4. The summed E-state index contributed by atoms with van der Waals surface area (Å²) in [4.78, 5) is 41.5. The normalized spacial score (nSPS) is 16.5. The summed E-state index contributed by atoms with van der Waals surface area (Å²) >= 11 is 0. The number of carbonyl (C=O) groups is 3. The van der Waals surface area contributed by atoms with Gasteiger partial charge in [0.1, 0.15) is 0 Å². The zero-order chi connectivity index (χ0) is 23.8. The minimum atomic E-state index is -0.181. The maximum atomic E-state index is 12.7. The number of hydrogen-bond donors (Lipinski definition) is 2. The van der Waals surface area contributed by atoms with E-state index in [4.69, 9.17) is 0 Å². The molecule has 0 aliphatic carbocycles. The van der Waals surface area contributed by atoms with Crippen LogP contribution in [-0.4, -0.2) is 60.2 Å². The highest BCUT2D eigenvalue weighted by Crippen LogP contribution is 2.17. The molecule has 0 unspecified atom stereocenters. The lowest BCUT2D eigenvalue weighted by atomic mass is 10.1. The van der Waals surface area contributed by atoms with Gasteiger partial charge in [0.15, 0.2) is 0 Å². The second kappa shape index (κ2) is 11.7. The summed E-state index contributed by atoms with van der Waals surface area (Å²) in [6.45, 7) is 3.39. The average molecular weight is 463 g/mol. The molecule has 2 heterocycles. The molecule has 0 spiro atoms. The van der Waals surface area contributed by atoms with Crippen LogP contribution in [0.4, 0.5) is 11.4 Å². The van der Waals surface area contributed by atoms with Crippen molar-refractivity contribution < 1.29 is 14.4 Å². The molecule has 0 saturated carbocycles. The Morgan fingerprint density at radius 1 is 0.588 bits per heavy atom. The van der Waals surface area contributed by atoms with Crippen LogP contribution in [0.15, 0.2) is 48.5 Å². The number of rotatable bonds is 6. The first kappa shape index (κ1) is 23.8. The average Bonchev–Trinajstić information content (AvgIpc) is 3.18. The highest BCUT2D eigenvalue weighted by atomic mass is 16.2. The van der Waals surface area contributed by atoms with Gasteiger partial charge in [0.05, 0.1) is 6.54 Å². The molecule has 2 aromatic rings. The van der Waals surface area contributed by atoms with Crippen LogP contribution >= 0.6 is 0 Å². The van der Waals surface area contributed by atoms with Gasteiger partial charge >= 0.3 is 0 Å². The van der Waals surface area contributed by atoms with Crippen LogP contribution in [0, 0.1) is 0 Å². The Morgan fingerprint density at radius 3 is 1.47 bits per heavy atom. The molecule has 2 fully saturated rings. The molecule has 180 valence electrons. The number of anilines is 2. The molecule has 2 aromatic carbocycles. The first-order chi connectivity index (χ1) is 16.6. The molecule has 0 atom stereocenters. The minimum Gasteiger partial charge on any atom is -0.376 e. The molecule has 2 aliphatic heterocycles. The lowest BCUT2D eigenvalue weighted by Crippen LogP contribution is -2.35. The van der Waals surface area contributed by atoms with Crippen molar-refractivity contribution in [1.82, 2.24) is 9.80 Å². The Bertz CT molecular complexity index is 974. The Labute approximate surface area is 201 Å². The van der Waals surface area contributed by atoms with E-state index < -0.39 is 0 Å². The number of benzene rings is 2. The number of piperidine rings is 1. The van der Waals surface area contributed by atoms with Crippen LogP contribution in [0.25, 0.3) is 0 Å². The Morgan fingerprint density at radius 2 is 1.00 bits per heavy atom. The van der Waals surface area contributed by atoms with E-state index in [1.54, 1.807) is 24.3 Å². The van der Waals surface area contributed by atoms with E-state index in [-0.39, 0.29) is 24.3 Å². The third-order valence-corrected chi connectivity index (χ3v) is 6.54. The second-order valence-corrected chi connectivity index (χ2v) is 9.12. The van der Waals surface area contributed by atoms with Crippen LogP contribution in [0.3, 0.4) is 0 Å². The number of hydrogen-bond acceptors (Lipinski definition) is 4. The van der Waals surface area contributed by atoms with E-state index in [1.807, 2.05) is 34.1 Å². The SMILES string of the molecule is O=C(CNc1ccc(C(=O)N2CCCCCC2)cc1)Nc1ccc(C(=O)N2CCCCC2)cc1. The van der Waals surface area contributed by atoms with E-state index in [0.29, 0.717) is 16.8 Å². The van der Waals surface area contributed by atoms with Crippen LogP contribution in [-0.2, 0) is 4.79 Å². The van der Waals surface area contributed by atoms with Gasteiger partial charge in [-0.2, -0.15) is 0 Å². The molecule has 0 aromatic heterocycles. The smallest absolute Gasteiger partial charge is 0.253 e. The van der Waals surface area contributed by atoms with Crippen molar-refractivity contribution >= 4 is 29.1 Å². The Balaban J connectivity index is 1.24. The number of carbonyl (C=O) groups excluding carboxylic acids is 3. The Kier molecular flexibility index (Phi) is 8.17. The van der Waals surface area contributed by atoms with Gasteiger partial charge in [-0.05, 0) is 80.6 Å². The summed E-state index contributed by atoms with van der Waals surface area (Å²) in [5, 5.41) is 5.94. The largest absolute Gasteiger partial charge is 0.376 e. The highest BCUT2D eigenvalue weighted by Gasteiger charge is 2.18. The van der Waals surface area contributed by atoms with Crippen molar-refractivity contribution in [3.8, 4) is 0 Å². The lowest BCUT2D eigenvalue weighted by Gasteiger charge is -2.26. The van der Waals surface area contributed by atoms with E-state index in [9.17, 15) is 14.4 Å². The van der Waals surface area contributed by atoms with Crippen molar-refractivity contribution in [2.75, 3.05) is 43.4 Å². The third kappa shape index (κ3) is 6.37. The number of nitrogens with zero attached hydrogens (tertiary/aromatic N) is 2. The van der Waals surface area contributed by atoms with Crippen LogP contribution in [0.1, 0.15) is 65.7 Å². The lowest BCUT2D eigenvalue weighted by molar-refractivity contribution is -0.114. The van der Waals surface area contributed by atoms with Gasteiger partial charge < -0.3 is 20.4 Å². The van der Waals surface area contributed by atoms with Crippen molar-refractivity contribution in [3.63, 3.8) is 0 Å². The third-order valence-electron chi connectivity index (χ3n) is 6.54. The van der Waals surface area contributed by atoms with Gasteiger partial charge in [-0.3, -0.25) is 14.4 Å². The van der Waals surface area contributed by atoms with Crippen molar-refractivity contribution in [2.45, 2.75) is 44.9 Å². The summed E-state index contributed by atoms with van der Waals surface area (Å²) < 4.78 is 0. The van der Waals surface area contributed by atoms with Crippen molar-refractivity contribution in [3.05, 3.63) is 59.7 Å². The molecule has 2 aliphatic rings. The van der Waals surface area contributed by atoms with E-state index >= 15 is 0 Å². The Hall–Kier alpha value is -3.35. The first-order valence-electron chi connectivity index (χ1n) is 12.4. The molecular formula is C27H34N4O3. The standard InChI is InChI=1S/C27H34N4O3/c32-25(29-24-14-10-22(11-15-24)27(34)31-18-6-3-7-19-31)20-28-23-12-8-21(9-13-23)26(33)30-16-4-1-2-5-17-30/h8-15,28H,1-7,16-20H2,(H,29,32). The molecule has 0 bridgehead atoms. The summed E-state index contributed by atoms with van der Waals surface area (Å²) in [7, 11) is 0. The maximum absolute atomic E-state index is 12.7. The van der Waals surface area contributed by atoms with Gasteiger partial charge in [-0.1, -0.05) is 12.8 Å². The molecule has 4 rings (SSSR count). The zero-order valence-electron chi connectivity index (χ0n) is 19.7. The molecule has 2 N–H and O–H groups in total. The molecular weight excluding hydrogens is 428 g/mol. The maximum Gasteiger partial charge on any atom is 0.253 e. The predicted molar refractivity (Wildman–Crippen MR) is 134 cm³/mol. The van der Waals surface area contributed by atoms with Crippen molar-refractivity contribution in [2.24, 2.45) is 0 Å². The van der Waals surface area contributed by atoms with E-state index in [2.05, 4.69) is 10.6 Å². The number of nitrogens with one attached hydrogen (secondary N) is 2. The molecule has 0 radical (unpaired) electrons. The second-order valence-electron chi connectivity index (χ2n) is 9.12. The highest BCUT2D eigenvalue weighted by molar-refractivity contribution is 5.97. The van der Waals surface area contributed by atoms with Crippen molar-refractivity contribution in [1.29, 1.82) is 0 Å². The van der Waals surface area contributed by atoms with Gasteiger partial charge in [-0.15, -0.1) is 0 Å². The number of amides is 3. The van der Waals surface area contributed by atoms with Crippen LogP contribution in [0.5, 0.6) is 0 Å². The fraction of sp³-hybridized carbons (Fsp3) is 0.444. The van der Waals surface area contributed by atoms with Crippen LogP contribution < -0.4 is 10.6 Å². The summed E-state index contributed by atoms with van der Waals surface area (Å²) in [5.41, 5.74) is 2.76. The fourth-order valence-corrected chi connectivity index (χ4v) is 4.55. The molecule has 34 heavy (non-hydrogen) atoms. The zero-order valence-corrected chi connectivity index (χ0v) is 19.7.